The second-order valence-electron chi connectivity index (χ2n) is 6.10. The Morgan fingerprint density at radius 1 is 0.810 bits per heavy atom. The predicted octanol–water partition coefficient (Wildman–Crippen LogP) is 4.43. The molecular weight excluding hydrogens is 258 g/mol. The molecule has 0 atom stereocenters. The summed E-state index contributed by atoms with van der Waals surface area (Å²) in [5.74, 6) is 0. The lowest BCUT2D eigenvalue weighted by molar-refractivity contribution is -0.697. The average molecular weight is 292 g/mol. The molecule has 2 nitrogen and oxygen atoms in total. The largest absolute Gasteiger partial charge is 0.396 e. The van der Waals surface area contributed by atoms with E-state index in [9.17, 15) is 0 Å². The van der Waals surface area contributed by atoms with Crippen LogP contribution < -0.4 is 4.57 Å². The number of nitrogens with zero attached hydrogens (tertiary/aromatic N) is 1. The number of pyridine rings is 1. The smallest absolute Gasteiger partial charge is 0.169 e. The van der Waals surface area contributed by atoms with Crippen LogP contribution in [0.1, 0.15) is 76.7 Å². The molecule has 0 radical (unpaired) electrons. The van der Waals surface area contributed by atoms with E-state index in [0.29, 0.717) is 6.61 Å². The van der Waals surface area contributed by atoms with Crippen molar-refractivity contribution in [3.05, 3.63) is 30.1 Å². The topological polar surface area (TPSA) is 24.1 Å². The Morgan fingerprint density at radius 2 is 1.43 bits per heavy atom. The maximum Gasteiger partial charge on any atom is 0.169 e. The van der Waals surface area contributed by atoms with Gasteiger partial charge in [0.15, 0.2) is 12.4 Å². The Kier molecular flexibility index (Phi) is 11.1. The molecule has 0 aromatic carbocycles. The highest BCUT2D eigenvalue weighted by molar-refractivity contribution is 5.07. The molecule has 120 valence electrons. The Balaban J connectivity index is 2.09. The van der Waals surface area contributed by atoms with Crippen LogP contribution in [0.3, 0.4) is 0 Å². The van der Waals surface area contributed by atoms with Crippen LogP contribution in [0.25, 0.3) is 0 Å². The molecule has 1 aromatic rings. The van der Waals surface area contributed by atoms with Crippen LogP contribution in [0.15, 0.2) is 24.5 Å². The molecule has 0 spiro atoms. The Hall–Kier alpha value is -0.890. The van der Waals surface area contributed by atoms with E-state index in [4.69, 9.17) is 5.11 Å². The van der Waals surface area contributed by atoms with E-state index in [0.717, 1.165) is 19.4 Å². The van der Waals surface area contributed by atoms with Crippen LogP contribution >= 0.6 is 0 Å². The fraction of sp³-hybridized carbons (Fsp3) is 0.737. The van der Waals surface area contributed by atoms with E-state index < -0.39 is 0 Å². The predicted molar refractivity (Wildman–Crippen MR) is 89.3 cm³/mol. The molecule has 1 aromatic heterocycles. The normalized spacial score (nSPS) is 11.0. The Bertz CT molecular complexity index is 334. The number of hydrogen-bond donors (Lipinski definition) is 1. The van der Waals surface area contributed by atoms with E-state index >= 15 is 0 Å². The third kappa shape index (κ3) is 9.62. The number of aliphatic hydroxyl groups is 1. The van der Waals surface area contributed by atoms with Crippen LogP contribution in [0.2, 0.25) is 0 Å². The van der Waals surface area contributed by atoms with Crippen LogP contribution in [0, 0.1) is 0 Å². The summed E-state index contributed by atoms with van der Waals surface area (Å²) in [6.07, 6.45) is 18.4. The molecule has 0 aliphatic heterocycles. The van der Waals surface area contributed by atoms with Crippen LogP contribution in [0.4, 0.5) is 0 Å². The molecule has 1 N–H and O–H groups in total. The zero-order valence-electron chi connectivity index (χ0n) is 13.9. The van der Waals surface area contributed by atoms with Crippen LogP contribution in [-0.4, -0.2) is 11.7 Å². The number of unbranched alkanes of at least 4 members (excludes halogenated alkanes) is 8. The van der Waals surface area contributed by atoms with Gasteiger partial charge in [-0.15, -0.1) is 0 Å². The summed E-state index contributed by atoms with van der Waals surface area (Å²) < 4.78 is 2.28. The van der Waals surface area contributed by atoms with E-state index in [1.165, 1.54) is 63.4 Å². The molecule has 0 unspecified atom stereocenters. The fourth-order valence-corrected chi connectivity index (χ4v) is 2.67. The number of aromatic nitrogens is 1. The molecule has 0 aliphatic rings. The molecule has 0 aliphatic carbocycles. The van der Waals surface area contributed by atoms with Gasteiger partial charge in [0.1, 0.15) is 6.54 Å². The molecule has 21 heavy (non-hydrogen) atoms. The lowest BCUT2D eigenvalue weighted by atomic mass is 10.1. The van der Waals surface area contributed by atoms with Gasteiger partial charge < -0.3 is 5.11 Å². The van der Waals surface area contributed by atoms with Crippen LogP contribution in [-0.2, 0) is 13.0 Å². The van der Waals surface area contributed by atoms with Crippen molar-refractivity contribution in [3.63, 3.8) is 0 Å². The van der Waals surface area contributed by atoms with Crippen molar-refractivity contribution in [3.8, 4) is 0 Å². The number of hydrogen-bond acceptors (Lipinski definition) is 1. The van der Waals surface area contributed by atoms with Crippen molar-refractivity contribution in [2.75, 3.05) is 6.61 Å². The van der Waals surface area contributed by atoms with Gasteiger partial charge in [-0.25, -0.2) is 4.57 Å². The number of aryl methyl sites for hydroxylation is 2. The van der Waals surface area contributed by atoms with Crippen molar-refractivity contribution in [2.24, 2.45) is 0 Å². The summed E-state index contributed by atoms with van der Waals surface area (Å²) in [5.41, 5.74) is 1.47. The van der Waals surface area contributed by atoms with Gasteiger partial charge in [0, 0.05) is 25.2 Å². The molecule has 0 fully saturated rings. The highest BCUT2D eigenvalue weighted by Crippen LogP contribution is 2.09. The monoisotopic (exact) mass is 292 g/mol. The van der Waals surface area contributed by atoms with Gasteiger partial charge in [-0.1, -0.05) is 45.4 Å². The summed E-state index contributed by atoms with van der Waals surface area (Å²) in [7, 11) is 0. The molecule has 0 amide bonds. The van der Waals surface area contributed by atoms with Crippen molar-refractivity contribution in [2.45, 2.75) is 84.1 Å². The first kappa shape index (κ1) is 18.2. The maximum absolute atomic E-state index is 8.74. The minimum Gasteiger partial charge on any atom is -0.396 e. The Morgan fingerprint density at radius 3 is 2.14 bits per heavy atom. The van der Waals surface area contributed by atoms with Gasteiger partial charge >= 0.3 is 0 Å². The third-order valence-corrected chi connectivity index (χ3v) is 4.10. The molecule has 0 saturated heterocycles. The summed E-state index contributed by atoms with van der Waals surface area (Å²) in [6, 6.07) is 4.56. The number of aliphatic hydroxyl groups excluding tert-OH is 1. The van der Waals surface area contributed by atoms with E-state index in [1.807, 2.05) is 0 Å². The van der Waals surface area contributed by atoms with Gasteiger partial charge in [-0.2, -0.15) is 0 Å². The molecule has 0 bridgehead atoms. The lowest BCUT2D eigenvalue weighted by Gasteiger charge is -2.02. The molecule has 0 saturated carbocycles. The standard InChI is InChI=1S/C19H34NO/c1-2-3-4-5-6-9-12-19-13-16-20(17-14-19)15-10-7-8-11-18-21/h13-14,16-17,21H,2-12,15,18H2,1H3/q+1. The first-order chi connectivity index (χ1) is 10.4. The van der Waals surface area contributed by atoms with Gasteiger partial charge in [-0.05, 0) is 31.2 Å². The average Bonchev–Trinajstić information content (AvgIpc) is 2.52. The molecule has 1 heterocycles. The van der Waals surface area contributed by atoms with Gasteiger partial charge in [0.2, 0.25) is 0 Å². The van der Waals surface area contributed by atoms with Crippen LogP contribution in [0.5, 0.6) is 0 Å². The molecule has 2 heteroatoms. The van der Waals surface area contributed by atoms with Crippen molar-refractivity contribution in [1.29, 1.82) is 0 Å². The number of rotatable bonds is 13. The summed E-state index contributed by atoms with van der Waals surface area (Å²) >= 11 is 0. The Labute approximate surface area is 131 Å². The second-order valence-corrected chi connectivity index (χ2v) is 6.10. The minimum absolute atomic E-state index is 0.334. The highest BCUT2D eigenvalue weighted by atomic mass is 16.2. The van der Waals surface area contributed by atoms with Gasteiger partial charge in [-0.3, -0.25) is 0 Å². The van der Waals surface area contributed by atoms with Gasteiger partial charge in [0.05, 0.1) is 0 Å². The zero-order chi connectivity index (χ0) is 15.2. The molecular formula is C19H34NO+. The summed E-state index contributed by atoms with van der Waals surface area (Å²) in [4.78, 5) is 0. The third-order valence-electron chi connectivity index (χ3n) is 4.10. The SMILES string of the molecule is CCCCCCCCc1cc[n+](CCCCCCO)cc1. The first-order valence-corrected chi connectivity index (χ1v) is 8.95. The van der Waals surface area contributed by atoms with E-state index in [2.05, 4.69) is 36.0 Å². The highest BCUT2D eigenvalue weighted by Gasteiger charge is 2.01. The quantitative estimate of drug-likeness (QED) is 0.422. The first-order valence-electron chi connectivity index (χ1n) is 8.95. The van der Waals surface area contributed by atoms with Crippen molar-refractivity contribution >= 4 is 0 Å². The summed E-state index contributed by atoms with van der Waals surface area (Å²) in [6.45, 7) is 3.70. The fourth-order valence-electron chi connectivity index (χ4n) is 2.67. The molecule has 1 rings (SSSR count). The minimum atomic E-state index is 0.334. The lowest BCUT2D eigenvalue weighted by Crippen LogP contribution is -2.32. The second kappa shape index (κ2) is 12.8. The van der Waals surface area contributed by atoms with E-state index in [1.54, 1.807) is 0 Å². The zero-order valence-corrected chi connectivity index (χ0v) is 13.9. The van der Waals surface area contributed by atoms with E-state index in [-0.39, 0.29) is 0 Å². The maximum atomic E-state index is 8.74. The van der Waals surface area contributed by atoms with Crippen molar-refractivity contribution in [1.82, 2.24) is 0 Å². The van der Waals surface area contributed by atoms with Gasteiger partial charge in [0.25, 0.3) is 0 Å². The van der Waals surface area contributed by atoms with Crippen molar-refractivity contribution < 1.29 is 9.67 Å². The summed E-state index contributed by atoms with van der Waals surface area (Å²) in [5, 5.41) is 8.74.